The van der Waals surface area contributed by atoms with Gasteiger partial charge in [0.25, 0.3) is 5.91 Å². The molecule has 2 amide bonds. The van der Waals surface area contributed by atoms with E-state index in [1.165, 1.54) is 0 Å². The largest absolute Gasteiger partial charge is 0.361 e. The summed E-state index contributed by atoms with van der Waals surface area (Å²) >= 11 is 0. The van der Waals surface area contributed by atoms with E-state index in [1.807, 2.05) is 71.5 Å². The van der Waals surface area contributed by atoms with E-state index < -0.39 is 0 Å². The second-order valence-corrected chi connectivity index (χ2v) is 7.02. The summed E-state index contributed by atoms with van der Waals surface area (Å²) < 4.78 is 0. The van der Waals surface area contributed by atoms with Crippen molar-refractivity contribution >= 4 is 22.7 Å². The van der Waals surface area contributed by atoms with Gasteiger partial charge in [-0.2, -0.15) is 0 Å². The summed E-state index contributed by atoms with van der Waals surface area (Å²) in [5, 5.41) is 1.10. The van der Waals surface area contributed by atoms with Gasteiger partial charge in [0.2, 0.25) is 5.91 Å². The van der Waals surface area contributed by atoms with Crippen LogP contribution in [0.4, 0.5) is 0 Å². The van der Waals surface area contributed by atoms with Crippen molar-refractivity contribution in [3.63, 3.8) is 0 Å². The van der Waals surface area contributed by atoms with Crippen LogP contribution in [0.25, 0.3) is 10.9 Å². The summed E-state index contributed by atoms with van der Waals surface area (Å²) in [6.07, 6.45) is 2.30. The number of rotatable bonds is 3. The molecule has 138 valence electrons. The molecule has 27 heavy (non-hydrogen) atoms. The van der Waals surface area contributed by atoms with Crippen LogP contribution >= 0.6 is 0 Å². The maximum atomic E-state index is 12.7. The van der Waals surface area contributed by atoms with Crippen LogP contribution < -0.4 is 0 Å². The summed E-state index contributed by atoms with van der Waals surface area (Å²) in [7, 11) is 0. The van der Waals surface area contributed by atoms with Gasteiger partial charge in [-0.3, -0.25) is 9.59 Å². The van der Waals surface area contributed by atoms with Gasteiger partial charge in [-0.15, -0.1) is 0 Å². The van der Waals surface area contributed by atoms with Gasteiger partial charge in [-0.1, -0.05) is 36.4 Å². The number of piperazine rings is 1. The first kappa shape index (κ1) is 17.3. The second kappa shape index (κ2) is 7.27. The van der Waals surface area contributed by atoms with E-state index in [9.17, 15) is 9.59 Å². The molecule has 1 aromatic heterocycles. The first-order valence-electron chi connectivity index (χ1n) is 9.31. The Morgan fingerprint density at radius 1 is 0.926 bits per heavy atom. The van der Waals surface area contributed by atoms with Crippen LogP contribution in [0.1, 0.15) is 21.5 Å². The number of hydrogen-bond acceptors (Lipinski definition) is 2. The van der Waals surface area contributed by atoms with E-state index in [0.29, 0.717) is 32.6 Å². The number of aromatic amines is 1. The fourth-order valence-electron chi connectivity index (χ4n) is 3.69. The summed E-state index contributed by atoms with van der Waals surface area (Å²) in [6, 6.07) is 15.7. The number of nitrogens with one attached hydrogen (secondary N) is 1. The molecule has 1 saturated heterocycles. The van der Waals surface area contributed by atoms with Crippen molar-refractivity contribution in [1.29, 1.82) is 0 Å². The lowest BCUT2D eigenvalue weighted by Gasteiger charge is -2.35. The Kier molecular flexibility index (Phi) is 4.67. The summed E-state index contributed by atoms with van der Waals surface area (Å²) in [6.45, 7) is 4.27. The highest BCUT2D eigenvalue weighted by Gasteiger charge is 2.25. The minimum atomic E-state index is 0.0526. The molecular formula is C22H23N3O2. The van der Waals surface area contributed by atoms with Crippen molar-refractivity contribution in [2.24, 2.45) is 0 Å². The molecule has 0 unspecified atom stereocenters. The average molecular weight is 361 g/mol. The first-order chi connectivity index (χ1) is 13.1. The monoisotopic (exact) mass is 361 g/mol. The topological polar surface area (TPSA) is 56.4 Å². The van der Waals surface area contributed by atoms with E-state index >= 15 is 0 Å². The lowest BCUT2D eigenvalue weighted by molar-refractivity contribution is -0.131. The zero-order chi connectivity index (χ0) is 18.8. The lowest BCUT2D eigenvalue weighted by Crippen LogP contribution is -2.51. The zero-order valence-electron chi connectivity index (χ0n) is 15.4. The fourth-order valence-corrected chi connectivity index (χ4v) is 3.69. The standard InChI is InChI=1S/C22H23N3O2/c1-16-6-2-3-7-18(16)22(27)25-12-10-24(11-13-25)21(26)14-17-15-23-20-9-5-4-8-19(17)20/h2-9,15,23H,10-14H2,1H3. The third kappa shape index (κ3) is 3.45. The van der Waals surface area contributed by atoms with Gasteiger partial charge >= 0.3 is 0 Å². The number of carbonyl (C=O) groups excluding carboxylic acids is 2. The Morgan fingerprint density at radius 2 is 1.59 bits per heavy atom. The van der Waals surface area contributed by atoms with Crippen LogP contribution in [0.2, 0.25) is 0 Å². The van der Waals surface area contributed by atoms with Gasteiger partial charge in [0.1, 0.15) is 0 Å². The van der Waals surface area contributed by atoms with E-state index in [4.69, 9.17) is 0 Å². The number of carbonyl (C=O) groups is 2. The van der Waals surface area contributed by atoms with Crippen molar-refractivity contribution in [3.8, 4) is 0 Å². The first-order valence-corrected chi connectivity index (χ1v) is 9.31. The SMILES string of the molecule is Cc1ccccc1C(=O)N1CCN(C(=O)Cc2c[nH]c3ccccc23)CC1. The molecule has 0 spiro atoms. The van der Waals surface area contributed by atoms with Gasteiger partial charge in [0, 0.05) is 48.8 Å². The highest BCUT2D eigenvalue weighted by atomic mass is 16.2. The molecule has 0 aliphatic carbocycles. The summed E-state index contributed by atoms with van der Waals surface area (Å²) in [5.74, 6) is 0.166. The molecule has 1 N–H and O–H groups in total. The van der Waals surface area contributed by atoms with E-state index in [-0.39, 0.29) is 11.8 Å². The predicted molar refractivity (Wildman–Crippen MR) is 106 cm³/mol. The Labute approximate surface area is 158 Å². The number of benzene rings is 2. The third-order valence-corrected chi connectivity index (χ3v) is 5.31. The van der Waals surface area contributed by atoms with Crippen LogP contribution in [-0.4, -0.2) is 52.8 Å². The molecule has 0 saturated carbocycles. The highest BCUT2D eigenvalue weighted by Crippen LogP contribution is 2.19. The molecule has 0 atom stereocenters. The number of para-hydroxylation sites is 1. The van der Waals surface area contributed by atoms with Crippen LogP contribution in [0.3, 0.4) is 0 Å². The normalized spacial score (nSPS) is 14.6. The van der Waals surface area contributed by atoms with Crippen molar-refractivity contribution in [2.75, 3.05) is 26.2 Å². The van der Waals surface area contributed by atoms with Gasteiger partial charge in [0.05, 0.1) is 6.42 Å². The van der Waals surface area contributed by atoms with Crippen LogP contribution in [-0.2, 0) is 11.2 Å². The highest BCUT2D eigenvalue weighted by molar-refractivity contribution is 5.96. The lowest BCUT2D eigenvalue weighted by atomic mass is 10.1. The quantitative estimate of drug-likeness (QED) is 0.780. The molecule has 1 aliphatic rings. The molecule has 3 aromatic rings. The van der Waals surface area contributed by atoms with E-state index in [2.05, 4.69) is 4.98 Å². The zero-order valence-corrected chi connectivity index (χ0v) is 15.4. The fraction of sp³-hybridized carbons (Fsp3) is 0.273. The van der Waals surface area contributed by atoms with Gasteiger partial charge < -0.3 is 14.8 Å². The maximum absolute atomic E-state index is 12.7. The molecule has 5 heteroatoms. The molecule has 2 aromatic carbocycles. The molecule has 0 bridgehead atoms. The molecule has 2 heterocycles. The molecule has 4 rings (SSSR count). The summed E-state index contributed by atoms with van der Waals surface area (Å²) in [4.78, 5) is 32.4. The Morgan fingerprint density at radius 3 is 2.37 bits per heavy atom. The van der Waals surface area contributed by atoms with Gasteiger partial charge in [0.15, 0.2) is 0 Å². The van der Waals surface area contributed by atoms with Crippen molar-refractivity contribution < 1.29 is 9.59 Å². The Hall–Kier alpha value is -3.08. The van der Waals surface area contributed by atoms with Gasteiger partial charge in [-0.05, 0) is 30.2 Å². The number of amides is 2. The second-order valence-electron chi connectivity index (χ2n) is 7.02. The minimum absolute atomic E-state index is 0.0526. The van der Waals surface area contributed by atoms with Crippen molar-refractivity contribution in [3.05, 3.63) is 71.4 Å². The molecular weight excluding hydrogens is 338 g/mol. The smallest absolute Gasteiger partial charge is 0.254 e. The number of hydrogen-bond donors (Lipinski definition) is 1. The van der Waals surface area contributed by atoms with E-state index in [1.54, 1.807) is 0 Å². The van der Waals surface area contributed by atoms with Crippen LogP contribution in [0, 0.1) is 6.92 Å². The van der Waals surface area contributed by atoms with Crippen LogP contribution in [0.5, 0.6) is 0 Å². The van der Waals surface area contributed by atoms with Crippen molar-refractivity contribution in [2.45, 2.75) is 13.3 Å². The number of aromatic nitrogens is 1. The van der Waals surface area contributed by atoms with E-state index in [0.717, 1.165) is 27.6 Å². The molecule has 1 fully saturated rings. The number of aryl methyl sites for hydroxylation is 1. The van der Waals surface area contributed by atoms with Gasteiger partial charge in [-0.25, -0.2) is 0 Å². The van der Waals surface area contributed by atoms with Crippen LogP contribution in [0.15, 0.2) is 54.7 Å². The number of fused-ring (bicyclic) bond motifs is 1. The number of H-pyrrole nitrogens is 1. The molecule has 5 nitrogen and oxygen atoms in total. The Balaban J connectivity index is 1.38. The van der Waals surface area contributed by atoms with Crippen molar-refractivity contribution in [1.82, 2.24) is 14.8 Å². The third-order valence-electron chi connectivity index (χ3n) is 5.31. The predicted octanol–water partition coefficient (Wildman–Crippen LogP) is 3.00. The number of nitrogens with zero attached hydrogens (tertiary/aromatic N) is 2. The average Bonchev–Trinajstić information content (AvgIpc) is 3.11. The molecule has 1 aliphatic heterocycles. The minimum Gasteiger partial charge on any atom is -0.361 e. The molecule has 0 radical (unpaired) electrons. The summed E-state index contributed by atoms with van der Waals surface area (Å²) in [5.41, 5.74) is 3.80. The Bertz CT molecular complexity index is 984. The maximum Gasteiger partial charge on any atom is 0.254 e.